The van der Waals surface area contributed by atoms with Gasteiger partial charge in [-0.25, -0.2) is 9.59 Å². The third kappa shape index (κ3) is 4.30. The van der Waals surface area contributed by atoms with E-state index >= 15 is 0 Å². The lowest BCUT2D eigenvalue weighted by atomic mass is 10.0. The number of rotatable bonds is 8. The molecule has 0 spiro atoms. The summed E-state index contributed by atoms with van der Waals surface area (Å²) in [5.41, 5.74) is 2.25. The Bertz CT molecular complexity index is 1450. The molecular formula is C29H24O6. The number of hydrogen-bond acceptors (Lipinski definition) is 6. The van der Waals surface area contributed by atoms with Gasteiger partial charge in [-0.05, 0) is 60.9 Å². The predicted octanol–water partition coefficient (Wildman–Crippen LogP) is 3.67. The average molecular weight is 469 g/mol. The Hall–Kier alpha value is -4.32. The molecule has 5 rings (SSSR count). The number of benzene rings is 3. The molecule has 35 heavy (non-hydrogen) atoms. The Morgan fingerprint density at radius 2 is 1.23 bits per heavy atom. The third-order valence-electron chi connectivity index (χ3n) is 5.77. The fraction of sp³-hybridized carbons (Fsp3) is 0.172. The smallest absolute Gasteiger partial charge is 0.344 e. The highest BCUT2D eigenvalue weighted by Crippen LogP contribution is 2.28. The van der Waals surface area contributed by atoms with Crippen LogP contribution in [0.5, 0.6) is 23.0 Å². The minimum atomic E-state index is -0.448. The summed E-state index contributed by atoms with van der Waals surface area (Å²) in [6.45, 7) is 5.07. The van der Waals surface area contributed by atoms with Crippen LogP contribution in [0.25, 0.3) is 11.1 Å². The minimum absolute atomic E-state index is 0.399. The van der Waals surface area contributed by atoms with Gasteiger partial charge >= 0.3 is 11.9 Å². The molecule has 0 aromatic heterocycles. The molecule has 0 atom stereocenters. The SMILES string of the molecule is CC=CCOc1ccc(C2=c3cc4c(cc3OC2=O)=C(c2ccc(OCCC)cc2)C(=O)O4)cc1. The first-order valence-electron chi connectivity index (χ1n) is 11.5. The van der Waals surface area contributed by atoms with Crippen LogP contribution in [0.1, 0.15) is 31.4 Å². The van der Waals surface area contributed by atoms with Crippen molar-refractivity contribution in [3.05, 3.63) is 94.4 Å². The van der Waals surface area contributed by atoms with Crippen LogP contribution < -0.4 is 29.4 Å². The maximum absolute atomic E-state index is 12.8. The van der Waals surface area contributed by atoms with Gasteiger partial charge in [0, 0.05) is 10.4 Å². The van der Waals surface area contributed by atoms with Crippen LogP contribution in [0, 0.1) is 0 Å². The van der Waals surface area contributed by atoms with Crippen LogP contribution in [0.4, 0.5) is 0 Å². The molecule has 2 aliphatic heterocycles. The molecule has 176 valence electrons. The summed E-state index contributed by atoms with van der Waals surface area (Å²) >= 11 is 0. The van der Waals surface area contributed by atoms with Gasteiger partial charge in [0.2, 0.25) is 0 Å². The zero-order valence-electron chi connectivity index (χ0n) is 19.5. The minimum Gasteiger partial charge on any atom is -0.494 e. The van der Waals surface area contributed by atoms with Gasteiger partial charge in [-0.15, -0.1) is 0 Å². The van der Waals surface area contributed by atoms with Crippen molar-refractivity contribution < 1.29 is 28.5 Å². The Kier molecular flexibility index (Phi) is 6.10. The molecule has 2 heterocycles. The van der Waals surface area contributed by atoms with E-state index in [0.717, 1.165) is 12.2 Å². The lowest BCUT2D eigenvalue weighted by molar-refractivity contribution is -0.128. The molecule has 3 aromatic rings. The molecule has 0 fully saturated rings. The summed E-state index contributed by atoms with van der Waals surface area (Å²) in [4.78, 5) is 25.5. The zero-order valence-corrected chi connectivity index (χ0v) is 19.5. The van der Waals surface area contributed by atoms with E-state index in [1.807, 2.05) is 74.5 Å². The number of carbonyl (C=O) groups excluding carboxylic acids is 2. The van der Waals surface area contributed by atoms with E-state index in [-0.39, 0.29) is 0 Å². The summed E-state index contributed by atoms with van der Waals surface area (Å²) in [6.07, 6.45) is 4.74. The van der Waals surface area contributed by atoms with Crippen molar-refractivity contribution in [1.29, 1.82) is 0 Å². The molecule has 6 nitrogen and oxygen atoms in total. The average Bonchev–Trinajstić information content (AvgIpc) is 3.36. The van der Waals surface area contributed by atoms with Crippen LogP contribution in [0.2, 0.25) is 0 Å². The first kappa shape index (κ1) is 22.5. The van der Waals surface area contributed by atoms with E-state index in [4.69, 9.17) is 18.9 Å². The second-order valence-corrected chi connectivity index (χ2v) is 8.15. The van der Waals surface area contributed by atoms with Crippen molar-refractivity contribution >= 4 is 23.1 Å². The van der Waals surface area contributed by atoms with Crippen molar-refractivity contribution in [3.8, 4) is 23.0 Å². The van der Waals surface area contributed by atoms with Gasteiger partial charge in [0.15, 0.2) is 0 Å². The van der Waals surface area contributed by atoms with Gasteiger partial charge in [-0.1, -0.05) is 43.3 Å². The number of fused-ring (bicyclic) bond motifs is 2. The molecule has 0 saturated heterocycles. The van der Waals surface area contributed by atoms with Crippen LogP contribution in [-0.2, 0) is 9.59 Å². The Balaban J connectivity index is 1.54. The number of carbonyl (C=O) groups is 2. The van der Waals surface area contributed by atoms with E-state index in [9.17, 15) is 9.59 Å². The standard InChI is InChI=1S/C29H24O6/c1-3-5-15-33-21-12-8-19(9-13-21)27-23-17-24-22(16-25(23)35-29(27)31)26(28(30)34-24)18-6-10-20(11-7-18)32-14-4-2/h3,5-13,16-17H,4,14-15H2,1-2H3. The van der Waals surface area contributed by atoms with Crippen LogP contribution in [-0.4, -0.2) is 25.2 Å². The molecule has 0 N–H and O–H groups in total. The molecule has 0 saturated carbocycles. The molecule has 0 radical (unpaired) electrons. The summed E-state index contributed by atoms with van der Waals surface area (Å²) in [6, 6.07) is 18.0. The fourth-order valence-corrected chi connectivity index (χ4v) is 4.08. The highest BCUT2D eigenvalue weighted by molar-refractivity contribution is 6.21. The first-order valence-corrected chi connectivity index (χ1v) is 11.5. The highest BCUT2D eigenvalue weighted by atomic mass is 16.5. The summed E-state index contributed by atoms with van der Waals surface area (Å²) in [5, 5.41) is 1.19. The maximum atomic E-state index is 12.8. The lowest BCUT2D eigenvalue weighted by Gasteiger charge is -2.05. The Morgan fingerprint density at radius 1 is 0.743 bits per heavy atom. The Morgan fingerprint density at radius 3 is 1.69 bits per heavy atom. The fourth-order valence-electron chi connectivity index (χ4n) is 4.08. The first-order chi connectivity index (χ1) is 17.1. The molecule has 2 aliphatic rings. The van der Waals surface area contributed by atoms with E-state index in [1.165, 1.54) is 0 Å². The second kappa shape index (κ2) is 9.50. The van der Waals surface area contributed by atoms with Gasteiger partial charge in [0.25, 0.3) is 0 Å². The maximum Gasteiger partial charge on any atom is 0.344 e. The highest BCUT2D eigenvalue weighted by Gasteiger charge is 2.30. The monoisotopic (exact) mass is 468 g/mol. The summed E-state index contributed by atoms with van der Waals surface area (Å²) in [5.74, 6) is 1.35. The quantitative estimate of drug-likeness (QED) is 0.286. The van der Waals surface area contributed by atoms with Crippen molar-refractivity contribution in [2.75, 3.05) is 13.2 Å². The molecule has 6 heteroatoms. The molecule has 3 aromatic carbocycles. The van der Waals surface area contributed by atoms with E-state index in [0.29, 0.717) is 63.2 Å². The van der Waals surface area contributed by atoms with Crippen LogP contribution >= 0.6 is 0 Å². The van der Waals surface area contributed by atoms with Crippen molar-refractivity contribution in [2.45, 2.75) is 20.3 Å². The van der Waals surface area contributed by atoms with E-state index in [2.05, 4.69) is 0 Å². The number of ether oxygens (including phenoxy) is 4. The molecule has 0 amide bonds. The van der Waals surface area contributed by atoms with Gasteiger partial charge in [0.1, 0.15) is 29.6 Å². The van der Waals surface area contributed by atoms with Gasteiger partial charge in [-0.3, -0.25) is 0 Å². The molecule has 0 aliphatic carbocycles. The predicted molar refractivity (Wildman–Crippen MR) is 131 cm³/mol. The van der Waals surface area contributed by atoms with Crippen LogP contribution in [0.15, 0.2) is 72.8 Å². The largest absolute Gasteiger partial charge is 0.494 e. The van der Waals surface area contributed by atoms with E-state index in [1.54, 1.807) is 12.1 Å². The van der Waals surface area contributed by atoms with E-state index < -0.39 is 11.9 Å². The lowest BCUT2D eigenvalue weighted by Crippen LogP contribution is -2.11. The second-order valence-electron chi connectivity index (χ2n) is 8.15. The number of allylic oxidation sites excluding steroid dienone is 1. The van der Waals surface area contributed by atoms with Gasteiger partial charge < -0.3 is 18.9 Å². The third-order valence-corrected chi connectivity index (χ3v) is 5.77. The van der Waals surface area contributed by atoms with Crippen molar-refractivity contribution in [3.63, 3.8) is 0 Å². The van der Waals surface area contributed by atoms with Crippen molar-refractivity contribution in [1.82, 2.24) is 0 Å². The zero-order chi connectivity index (χ0) is 24.4. The van der Waals surface area contributed by atoms with Crippen LogP contribution in [0.3, 0.4) is 0 Å². The topological polar surface area (TPSA) is 71.1 Å². The number of esters is 2. The summed E-state index contributed by atoms with van der Waals surface area (Å²) in [7, 11) is 0. The molecule has 0 bridgehead atoms. The number of hydrogen-bond donors (Lipinski definition) is 0. The molecule has 0 unspecified atom stereocenters. The normalized spacial score (nSPS) is 14.1. The summed E-state index contributed by atoms with van der Waals surface area (Å²) < 4.78 is 22.4. The van der Waals surface area contributed by atoms with Crippen molar-refractivity contribution in [2.24, 2.45) is 0 Å². The Labute approximate surface area is 202 Å². The molecular weight excluding hydrogens is 444 g/mol. The van der Waals surface area contributed by atoms with Gasteiger partial charge in [-0.2, -0.15) is 0 Å². The van der Waals surface area contributed by atoms with Gasteiger partial charge in [0.05, 0.1) is 17.8 Å².